The average Bonchev–Trinajstić information content (AvgIpc) is 3.13. The maximum absolute atomic E-state index is 12.5. The van der Waals surface area contributed by atoms with Gasteiger partial charge in [0.1, 0.15) is 11.2 Å². The normalized spacial score (nSPS) is 24.0. The third-order valence-corrected chi connectivity index (χ3v) is 6.67. The van der Waals surface area contributed by atoms with E-state index in [-0.39, 0.29) is 12.1 Å². The average molecular weight is 318 g/mol. The second kappa shape index (κ2) is 5.14. The van der Waals surface area contributed by atoms with Crippen LogP contribution in [0.2, 0.25) is 0 Å². The number of anilines is 1. The van der Waals surface area contributed by atoms with E-state index in [0.29, 0.717) is 0 Å². The maximum Gasteiger partial charge on any atom is 0.256 e. The fraction of sp³-hybridized carbons (Fsp3) is 0.438. The number of fused-ring (bicyclic) bond motifs is 3. The molecule has 0 saturated carbocycles. The molecule has 1 aliphatic heterocycles. The first-order valence-corrected chi connectivity index (χ1v) is 9.21. The molecule has 1 amide bonds. The van der Waals surface area contributed by atoms with Crippen molar-refractivity contribution in [1.29, 1.82) is 0 Å². The van der Waals surface area contributed by atoms with Crippen molar-refractivity contribution >= 4 is 33.6 Å². The fourth-order valence-corrected chi connectivity index (χ4v) is 5.43. The topological polar surface area (TPSA) is 41.1 Å². The molecule has 2 aromatic rings. The van der Waals surface area contributed by atoms with Crippen molar-refractivity contribution in [3.05, 3.63) is 38.4 Å². The molecule has 0 unspecified atom stereocenters. The Kier molecular flexibility index (Phi) is 3.27. The zero-order chi connectivity index (χ0) is 14.4. The van der Waals surface area contributed by atoms with Crippen LogP contribution in [0.1, 0.15) is 51.6 Å². The summed E-state index contributed by atoms with van der Waals surface area (Å²) in [5, 5.41) is 9.73. The van der Waals surface area contributed by atoms with Crippen molar-refractivity contribution in [2.24, 2.45) is 5.92 Å². The molecule has 2 atom stereocenters. The van der Waals surface area contributed by atoms with E-state index in [9.17, 15) is 4.79 Å². The molecule has 0 aromatic carbocycles. The molecule has 21 heavy (non-hydrogen) atoms. The summed E-state index contributed by atoms with van der Waals surface area (Å²) >= 11 is 3.47. The molecular formula is C16H18N2OS2. The predicted octanol–water partition coefficient (Wildman–Crippen LogP) is 4.18. The van der Waals surface area contributed by atoms with E-state index >= 15 is 0 Å². The van der Waals surface area contributed by atoms with Gasteiger partial charge in [0, 0.05) is 9.75 Å². The van der Waals surface area contributed by atoms with Crippen LogP contribution in [0.5, 0.6) is 0 Å². The van der Waals surface area contributed by atoms with Gasteiger partial charge >= 0.3 is 0 Å². The van der Waals surface area contributed by atoms with Crippen LogP contribution in [-0.2, 0) is 12.8 Å². The van der Waals surface area contributed by atoms with Gasteiger partial charge in [-0.1, -0.05) is 19.4 Å². The molecule has 0 bridgehead atoms. The van der Waals surface area contributed by atoms with Crippen LogP contribution in [0.25, 0.3) is 0 Å². The summed E-state index contributed by atoms with van der Waals surface area (Å²) < 4.78 is 0. The Morgan fingerprint density at radius 2 is 2.29 bits per heavy atom. The minimum atomic E-state index is -0.0768. The molecule has 2 aliphatic rings. The van der Waals surface area contributed by atoms with E-state index in [0.717, 1.165) is 34.2 Å². The lowest BCUT2D eigenvalue weighted by molar-refractivity contribution is 0.0935. The van der Waals surface area contributed by atoms with Crippen LogP contribution in [0.15, 0.2) is 17.5 Å². The van der Waals surface area contributed by atoms with Crippen molar-refractivity contribution in [3.63, 3.8) is 0 Å². The summed E-state index contributed by atoms with van der Waals surface area (Å²) in [4.78, 5) is 15.1. The molecule has 0 saturated heterocycles. The summed E-state index contributed by atoms with van der Waals surface area (Å²) in [6, 6.07) is 4.09. The number of hydrogen-bond acceptors (Lipinski definition) is 4. The SMILES string of the molecule is CC[C@H]1CCc2c(sc3c2C(=O)N[C@H](c2cccs2)N3)C1. The van der Waals surface area contributed by atoms with E-state index in [1.807, 2.05) is 11.4 Å². The Labute approximate surface area is 132 Å². The van der Waals surface area contributed by atoms with E-state index in [1.165, 1.54) is 23.3 Å². The number of thiophene rings is 2. The molecule has 0 spiro atoms. The molecule has 5 heteroatoms. The van der Waals surface area contributed by atoms with Crippen LogP contribution in [-0.4, -0.2) is 5.91 Å². The highest BCUT2D eigenvalue weighted by Gasteiger charge is 2.33. The van der Waals surface area contributed by atoms with E-state index in [1.54, 1.807) is 22.7 Å². The van der Waals surface area contributed by atoms with Gasteiger partial charge in [0.25, 0.3) is 5.91 Å². The number of carbonyl (C=O) groups excluding carboxylic acids is 1. The summed E-state index contributed by atoms with van der Waals surface area (Å²) in [5.41, 5.74) is 2.21. The molecular weight excluding hydrogens is 300 g/mol. The first-order chi connectivity index (χ1) is 10.3. The van der Waals surface area contributed by atoms with Crippen molar-refractivity contribution in [2.75, 3.05) is 5.32 Å². The first-order valence-electron chi connectivity index (χ1n) is 7.51. The van der Waals surface area contributed by atoms with Gasteiger partial charge in [-0.25, -0.2) is 0 Å². The highest BCUT2D eigenvalue weighted by molar-refractivity contribution is 7.16. The zero-order valence-electron chi connectivity index (χ0n) is 11.9. The monoisotopic (exact) mass is 318 g/mol. The van der Waals surface area contributed by atoms with Gasteiger partial charge in [-0.05, 0) is 42.2 Å². The van der Waals surface area contributed by atoms with E-state index in [2.05, 4.69) is 23.6 Å². The number of rotatable bonds is 2. The Hall–Kier alpha value is -1.33. The van der Waals surface area contributed by atoms with Crippen LogP contribution >= 0.6 is 22.7 Å². The summed E-state index contributed by atoms with van der Waals surface area (Å²) in [7, 11) is 0. The Morgan fingerprint density at radius 3 is 3.05 bits per heavy atom. The number of amides is 1. The molecule has 0 radical (unpaired) electrons. The van der Waals surface area contributed by atoms with Gasteiger partial charge in [-0.2, -0.15) is 0 Å². The largest absolute Gasteiger partial charge is 0.352 e. The van der Waals surface area contributed by atoms with Gasteiger partial charge < -0.3 is 10.6 Å². The molecule has 110 valence electrons. The molecule has 0 fully saturated rings. The molecule has 1 aliphatic carbocycles. The zero-order valence-corrected chi connectivity index (χ0v) is 13.6. The lowest BCUT2D eigenvalue weighted by Gasteiger charge is -2.26. The Morgan fingerprint density at radius 1 is 1.38 bits per heavy atom. The Balaban J connectivity index is 1.69. The van der Waals surface area contributed by atoms with Crippen LogP contribution in [0, 0.1) is 5.92 Å². The number of hydrogen-bond donors (Lipinski definition) is 2. The van der Waals surface area contributed by atoms with Crippen molar-refractivity contribution in [3.8, 4) is 0 Å². The Bertz CT molecular complexity index is 675. The smallest absolute Gasteiger partial charge is 0.256 e. The minimum Gasteiger partial charge on any atom is -0.352 e. The minimum absolute atomic E-state index is 0.0768. The van der Waals surface area contributed by atoms with Crippen molar-refractivity contribution in [1.82, 2.24) is 5.32 Å². The van der Waals surface area contributed by atoms with E-state index < -0.39 is 0 Å². The molecule has 4 rings (SSSR count). The lowest BCUT2D eigenvalue weighted by atomic mass is 9.85. The van der Waals surface area contributed by atoms with Gasteiger partial charge in [0.05, 0.1) is 5.56 Å². The van der Waals surface area contributed by atoms with Crippen molar-refractivity contribution < 1.29 is 4.79 Å². The molecule has 3 heterocycles. The maximum atomic E-state index is 12.5. The van der Waals surface area contributed by atoms with Crippen LogP contribution in [0.4, 0.5) is 5.00 Å². The van der Waals surface area contributed by atoms with Crippen molar-refractivity contribution in [2.45, 2.75) is 38.8 Å². The molecule has 2 aromatic heterocycles. The predicted molar refractivity (Wildman–Crippen MR) is 88.3 cm³/mol. The summed E-state index contributed by atoms with van der Waals surface area (Å²) in [6.45, 7) is 2.26. The third-order valence-electron chi connectivity index (χ3n) is 4.55. The van der Waals surface area contributed by atoms with Gasteiger partial charge in [0.2, 0.25) is 0 Å². The van der Waals surface area contributed by atoms with Crippen LogP contribution < -0.4 is 10.6 Å². The third kappa shape index (κ3) is 2.19. The highest BCUT2D eigenvalue weighted by atomic mass is 32.1. The highest BCUT2D eigenvalue weighted by Crippen LogP contribution is 2.43. The van der Waals surface area contributed by atoms with Gasteiger partial charge in [-0.15, -0.1) is 22.7 Å². The number of nitrogens with one attached hydrogen (secondary N) is 2. The van der Waals surface area contributed by atoms with Gasteiger partial charge in [0.15, 0.2) is 0 Å². The first kappa shape index (κ1) is 13.3. The van der Waals surface area contributed by atoms with Crippen LogP contribution in [0.3, 0.4) is 0 Å². The molecule has 2 N–H and O–H groups in total. The second-order valence-electron chi connectivity index (χ2n) is 5.79. The number of carbonyl (C=O) groups is 1. The lowest BCUT2D eigenvalue weighted by Crippen LogP contribution is -2.37. The summed E-state index contributed by atoms with van der Waals surface area (Å²) in [6.07, 6.45) is 4.57. The summed E-state index contributed by atoms with van der Waals surface area (Å²) in [5.74, 6) is 0.878. The fourth-order valence-electron chi connectivity index (χ4n) is 3.31. The van der Waals surface area contributed by atoms with Gasteiger partial charge in [-0.3, -0.25) is 4.79 Å². The van der Waals surface area contributed by atoms with E-state index in [4.69, 9.17) is 0 Å². The second-order valence-corrected chi connectivity index (χ2v) is 7.88. The standard InChI is InChI=1S/C16H18N2OS2/c1-2-9-5-6-10-12(8-9)21-16-13(10)15(19)17-14(18-16)11-4-3-7-20-11/h3-4,7,9,14,18H,2,5-6,8H2,1H3,(H,17,19)/t9-,14-/m0/s1. The quantitative estimate of drug-likeness (QED) is 0.872. The molecule has 3 nitrogen and oxygen atoms in total.